The summed E-state index contributed by atoms with van der Waals surface area (Å²) < 4.78 is 0. The Morgan fingerprint density at radius 1 is 0.522 bits per heavy atom. The fraction of sp³-hybridized carbons (Fsp3) is 0.875. The normalized spacial score (nSPS) is 14.7. The molecule has 46 heavy (non-hydrogen) atoms. The first kappa shape index (κ1) is 44.8. The van der Waals surface area contributed by atoms with Crippen molar-refractivity contribution in [3.05, 3.63) is 24.3 Å². The molecule has 4 unspecified atom stereocenters. The second-order valence-electron chi connectivity index (χ2n) is 13.6. The van der Waals surface area contributed by atoms with Crippen LogP contribution in [0.15, 0.2) is 24.3 Å². The van der Waals surface area contributed by atoms with Gasteiger partial charge in [-0.1, -0.05) is 167 Å². The molecule has 0 radical (unpaired) electrons. The maximum atomic E-state index is 12.4. The van der Waals surface area contributed by atoms with Gasteiger partial charge in [0.15, 0.2) is 0 Å². The molecular formula is C40H77NO5. The summed E-state index contributed by atoms with van der Waals surface area (Å²) in [4.78, 5) is 12.4. The summed E-state index contributed by atoms with van der Waals surface area (Å²) in [6.45, 7) is 4.01. The van der Waals surface area contributed by atoms with Gasteiger partial charge in [0.2, 0.25) is 5.91 Å². The Hall–Kier alpha value is -1.21. The molecule has 0 saturated carbocycles. The molecule has 0 aliphatic carbocycles. The number of unbranched alkanes of at least 4 members (excludes halogenated alkanes) is 22. The van der Waals surface area contributed by atoms with E-state index in [1.807, 2.05) is 0 Å². The molecule has 0 saturated heterocycles. The molecule has 0 fully saturated rings. The molecule has 4 atom stereocenters. The third kappa shape index (κ3) is 29.0. The number of hydrogen-bond acceptors (Lipinski definition) is 5. The topological polar surface area (TPSA) is 110 Å². The summed E-state index contributed by atoms with van der Waals surface area (Å²) >= 11 is 0. The number of aliphatic hydroxyl groups excluding tert-OH is 4. The zero-order valence-electron chi connectivity index (χ0n) is 30.3. The molecule has 0 heterocycles. The molecule has 6 nitrogen and oxygen atoms in total. The fourth-order valence-electron chi connectivity index (χ4n) is 5.95. The largest absolute Gasteiger partial charge is 0.394 e. The number of rotatable bonds is 35. The Balaban J connectivity index is 3.84. The SMILES string of the molecule is CCCCCCC/C=C/CC/C=C/CCCC(O)C(O)C(CO)NC(=O)C(O)CCCCCCCCCCCCCCCCCC. The maximum absolute atomic E-state index is 12.4. The highest BCUT2D eigenvalue weighted by molar-refractivity contribution is 5.80. The van der Waals surface area contributed by atoms with Crippen molar-refractivity contribution < 1.29 is 25.2 Å². The number of carbonyl (C=O) groups is 1. The van der Waals surface area contributed by atoms with Gasteiger partial charge < -0.3 is 25.7 Å². The Labute approximate surface area is 284 Å². The molecular weight excluding hydrogens is 574 g/mol. The summed E-state index contributed by atoms with van der Waals surface area (Å²) in [7, 11) is 0. The minimum atomic E-state index is -1.28. The van der Waals surface area contributed by atoms with Gasteiger partial charge in [-0.2, -0.15) is 0 Å². The molecule has 0 aliphatic rings. The van der Waals surface area contributed by atoms with Crippen molar-refractivity contribution in [2.45, 2.75) is 218 Å². The average Bonchev–Trinajstić information content (AvgIpc) is 3.06. The molecule has 0 aromatic heterocycles. The minimum absolute atomic E-state index is 0.363. The van der Waals surface area contributed by atoms with Crippen LogP contribution in [-0.2, 0) is 4.79 Å². The van der Waals surface area contributed by atoms with Gasteiger partial charge in [0.05, 0.1) is 18.8 Å². The lowest BCUT2D eigenvalue weighted by atomic mass is 10.00. The van der Waals surface area contributed by atoms with Crippen LogP contribution < -0.4 is 5.32 Å². The van der Waals surface area contributed by atoms with Crippen LogP contribution in [0, 0.1) is 0 Å². The van der Waals surface area contributed by atoms with Gasteiger partial charge in [0.25, 0.3) is 0 Å². The van der Waals surface area contributed by atoms with Gasteiger partial charge in [0.1, 0.15) is 12.2 Å². The van der Waals surface area contributed by atoms with E-state index >= 15 is 0 Å². The lowest BCUT2D eigenvalue weighted by Gasteiger charge is -2.27. The molecule has 0 aliphatic heterocycles. The quantitative estimate of drug-likeness (QED) is 0.0346. The van der Waals surface area contributed by atoms with Crippen molar-refractivity contribution in [3.63, 3.8) is 0 Å². The summed E-state index contributed by atoms with van der Waals surface area (Å²) in [5, 5.41) is 43.5. The monoisotopic (exact) mass is 652 g/mol. The number of nitrogens with one attached hydrogen (secondary N) is 1. The van der Waals surface area contributed by atoms with E-state index in [2.05, 4.69) is 43.5 Å². The molecule has 0 aromatic carbocycles. The van der Waals surface area contributed by atoms with Crippen LogP contribution in [0.3, 0.4) is 0 Å². The summed E-state index contributed by atoms with van der Waals surface area (Å²) in [6, 6.07) is -1.00. The second kappa shape index (κ2) is 35.1. The lowest BCUT2D eigenvalue weighted by Crippen LogP contribution is -2.53. The Morgan fingerprint density at radius 2 is 0.913 bits per heavy atom. The third-order valence-corrected chi connectivity index (χ3v) is 9.14. The van der Waals surface area contributed by atoms with E-state index < -0.39 is 36.9 Å². The van der Waals surface area contributed by atoms with E-state index in [0.29, 0.717) is 19.3 Å². The number of allylic oxidation sites excluding steroid dienone is 4. The van der Waals surface area contributed by atoms with Crippen molar-refractivity contribution in [2.75, 3.05) is 6.61 Å². The van der Waals surface area contributed by atoms with E-state index in [-0.39, 0.29) is 0 Å². The highest BCUT2D eigenvalue weighted by atomic mass is 16.3. The number of carbonyl (C=O) groups excluding carboxylic acids is 1. The average molecular weight is 652 g/mol. The predicted octanol–water partition coefficient (Wildman–Crippen LogP) is 9.62. The van der Waals surface area contributed by atoms with Crippen molar-refractivity contribution >= 4 is 5.91 Å². The van der Waals surface area contributed by atoms with E-state index in [4.69, 9.17) is 0 Å². The van der Waals surface area contributed by atoms with Gasteiger partial charge in [-0.15, -0.1) is 0 Å². The van der Waals surface area contributed by atoms with Crippen molar-refractivity contribution in [1.29, 1.82) is 0 Å². The first-order valence-electron chi connectivity index (χ1n) is 19.7. The summed E-state index contributed by atoms with van der Waals surface area (Å²) in [5.41, 5.74) is 0. The molecule has 0 spiro atoms. The number of hydrogen-bond donors (Lipinski definition) is 5. The smallest absolute Gasteiger partial charge is 0.249 e. The third-order valence-electron chi connectivity index (χ3n) is 9.14. The molecule has 272 valence electrons. The van der Waals surface area contributed by atoms with Crippen LogP contribution in [0.5, 0.6) is 0 Å². The Bertz CT molecular complexity index is 697. The summed E-state index contributed by atoms with van der Waals surface area (Å²) in [5.74, 6) is -0.597. The minimum Gasteiger partial charge on any atom is -0.394 e. The van der Waals surface area contributed by atoms with E-state index in [0.717, 1.165) is 38.5 Å². The van der Waals surface area contributed by atoms with Crippen molar-refractivity contribution in [2.24, 2.45) is 0 Å². The molecule has 1 amide bonds. The van der Waals surface area contributed by atoms with Gasteiger partial charge in [-0.25, -0.2) is 0 Å². The highest BCUT2D eigenvalue weighted by Gasteiger charge is 2.28. The molecule has 0 aromatic rings. The summed E-state index contributed by atoms with van der Waals surface area (Å²) in [6.07, 6.45) is 37.7. The van der Waals surface area contributed by atoms with E-state index in [1.54, 1.807) is 0 Å². The first-order valence-corrected chi connectivity index (χ1v) is 19.7. The van der Waals surface area contributed by atoms with Crippen LogP contribution in [-0.4, -0.2) is 57.3 Å². The van der Waals surface area contributed by atoms with Crippen LogP contribution in [0.25, 0.3) is 0 Å². The standard InChI is InChI=1S/C40H77NO5/c1-3-5-7-9-11-13-15-17-19-20-22-24-26-28-30-32-34-38(44)40(46)41-36(35-42)39(45)37(43)33-31-29-27-25-23-21-18-16-14-12-10-8-6-4-2/h16,18,25,27,36-39,42-45H,3-15,17,19-24,26,28-35H2,1-2H3,(H,41,46)/b18-16+,27-25+. The van der Waals surface area contributed by atoms with Crippen molar-refractivity contribution in [3.8, 4) is 0 Å². The fourth-order valence-corrected chi connectivity index (χ4v) is 5.95. The zero-order chi connectivity index (χ0) is 33.9. The Morgan fingerprint density at radius 3 is 1.37 bits per heavy atom. The number of aliphatic hydroxyl groups is 4. The zero-order valence-corrected chi connectivity index (χ0v) is 30.3. The van der Waals surface area contributed by atoms with Gasteiger partial charge in [0, 0.05) is 0 Å². The van der Waals surface area contributed by atoms with Crippen LogP contribution in [0.4, 0.5) is 0 Å². The maximum Gasteiger partial charge on any atom is 0.249 e. The molecule has 5 N–H and O–H groups in total. The molecule has 0 rings (SSSR count). The van der Waals surface area contributed by atoms with Crippen LogP contribution in [0.1, 0.15) is 194 Å². The Kier molecular flexibility index (Phi) is 34.2. The lowest BCUT2D eigenvalue weighted by molar-refractivity contribution is -0.132. The van der Waals surface area contributed by atoms with E-state index in [1.165, 1.54) is 122 Å². The van der Waals surface area contributed by atoms with Crippen LogP contribution in [0.2, 0.25) is 0 Å². The molecule has 6 heteroatoms. The second-order valence-corrected chi connectivity index (χ2v) is 13.6. The molecule has 0 bridgehead atoms. The van der Waals surface area contributed by atoms with Gasteiger partial charge >= 0.3 is 0 Å². The first-order chi connectivity index (χ1) is 22.5. The van der Waals surface area contributed by atoms with Crippen LogP contribution >= 0.6 is 0 Å². The van der Waals surface area contributed by atoms with Gasteiger partial charge in [-0.05, 0) is 51.4 Å². The van der Waals surface area contributed by atoms with E-state index in [9.17, 15) is 25.2 Å². The predicted molar refractivity (Wildman–Crippen MR) is 196 cm³/mol. The number of amides is 1. The highest BCUT2D eigenvalue weighted by Crippen LogP contribution is 2.15. The van der Waals surface area contributed by atoms with Gasteiger partial charge in [-0.3, -0.25) is 4.79 Å². The van der Waals surface area contributed by atoms with Crippen molar-refractivity contribution in [1.82, 2.24) is 5.32 Å².